The highest BCUT2D eigenvalue weighted by Gasteiger charge is 2.29. The van der Waals surface area contributed by atoms with E-state index in [-0.39, 0.29) is 5.91 Å². The van der Waals surface area contributed by atoms with Crippen LogP contribution < -0.4 is 16.0 Å². The summed E-state index contributed by atoms with van der Waals surface area (Å²) in [5.74, 6) is -0.902. The molecule has 0 fully saturated rings. The molecule has 0 bridgehead atoms. The summed E-state index contributed by atoms with van der Waals surface area (Å²) in [4.78, 5) is 26.9. The number of thiophene rings is 2. The van der Waals surface area contributed by atoms with Crippen LogP contribution in [0.3, 0.4) is 0 Å². The molecule has 5 nitrogen and oxygen atoms in total. The number of quaternary nitrogens is 1. The van der Waals surface area contributed by atoms with Gasteiger partial charge in [-0.25, -0.2) is 0 Å². The third-order valence-electron chi connectivity index (χ3n) is 4.10. The highest BCUT2D eigenvalue weighted by atomic mass is 35.5. The van der Waals surface area contributed by atoms with E-state index in [1.165, 1.54) is 22.3 Å². The standard InChI is InChI=1S/C15H15Cl2N3O2S2/c1-2-20-4-3-7-9(6-20)23-15(11(7)13(18)21)19-14(22)8-5-10(16)24-12(8)17/h5H,2-4,6H2,1H3,(H2,18,21)(H,19,22)/p+1. The Bertz CT molecular complexity index is 816. The van der Waals surface area contributed by atoms with Crippen molar-refractivity contribution in [2.75, 3.05) is 18.4 Å². The summed E-state index contributed by atoms with van der Waals surface area (Å²) in [5.41, 5.74) is 7.26. The van der Waals surface area contributed by atoms with Crippen LogP contribution in [-0.2, 0) is 13.0 Å². The quantitative estimate of drug-likeness (QED) is 0.731. The van der Waals surface area contributed by atoms with Crippen molar-refractivity contribution < 1.29 is 14.5 Å². The highest BCUT2D eigenvalue weighted by molar-refractivity contribution is 7.20. The van der Waals surface area contributed by atoms with Gasteiger partial charge in [-0.1, -0.05) is 23.2 Å². The largest absolute Gasteiger partial charge is 0.365 e. The van der Waals surface area contributed by atoms with Crippen LogP contribution in [0.25, 0.3) is 0 Å². The lowest BCUT2D eigenvalue weighted by atomic mass is 10.0. The smallest absolute Gasteiger partial charge is 0.258 e. The summed E-state index contributed by atoms with van der Waals surface area (Å²) in [6, 6.07) is 1.52. The monoisotopic (exact) mass is 404 g/mol. The molecule has 9 heteroatoms. The van der Waals surface area contributed by atoms with Crippen LogP contribution in [0.2, 0.25) is 8.67 Å². The Labute approximate surface area is 157 Å². The molecule has 24 heavy (non-hydrogen) atoms. The van der Waals surface area contributed by atoms with Crippen molar-refractivity contribution in [3.05, 3.63) is 36.3 Å². The van der Waals surface area contributed by atoms with Gasteiger partial charge in [0.2, 0.25) is 0 Å². The van der Waals surface area contributed by atoms with E-state index < -0.39 is 5.91 Å². The van der Waals surface area contributed by atoms with Crippen LogP contribution >= 0.6 is 45.9 Å². The minimum Gasteiger partial charge on any atom is -0.365 e. The number of amides is 2. The van der Waals surface area contributed by atoms with Gasteiger partial charge in [-0.2, -0.15) is 0 Å². The van der Waals surface area contributed by atoms with E-state index in [0.717, 1.165) is 47.8 Å². The van der Waals surface area contributed by atoms with E-state index in [4.69, 9.17) is 28.9 Å². The van der Waals surface area contributed by atoms with Crippen molar-refractivity contribution in [2.45, 2.75) is 19.9 Å². The molecule has 3 heterocycles. The number of carbonyl (C=O) groups excluding carboxylic acids is 2. The zero-order chi connectivity index (χ0) is 17.4. The van der Waals surface area contributed by atoms with Gasteiger partial charge in [-0.15, -0.1) is 22.7 Å². The molecule has 4 N–H and O–H groups in total. The molecule has 1 unspecified atom stereocenters. The topological polar surface area (TPSA) is 76.6 Å². The average molecular weight is 405 g/mol. The number of hydrogen-bond acceptors (Lipinski definition) is 4. The molecule has 1 aliphatic rings. The zero-order valence-electron chi connectivity index (χ0n) is 12.9. The molecule has 2 amide bonds. The predicted molar refractivity (Wildman–Crippen MR) is 98.9 cm³/mol. The number of hydrogen-bond donors (Lipinski definition) is 3. The summed E-state index contributed by atoms with van der Waals surface area (Å²) in [7, 11) is 0. The number of nitrogens with two attached hydrogens (primary N) is 1. The molecule has 1 atom stereocenters. The van der Waals surface area contributed by atoms with E-state index in [1.807, 2.05) is 0 Å². The molecule has 0 aliphatic carbocycles. The van der Waals surface area contributed by atoms with Gasteiger partial charge in [-0.05, 0) is 18.6 Å². The summed E-state index contributed by atoms with van der Waals surface area (Å²) in [6.07, 6.45) is 0.786. The van der Waals surface area contributed by atoms with Gasteiger partial charge in [-0.3, -0.25) is 9.59 Å². The molecule has 0 aromatic carbocycles. The lowest BCUT2D eigenvalue weighted by Crippen LogP contribution is -3.11. The van der Waals surface area contributed by atoms with Crippen molar-refractivity contribution in [1.29, 1.82) is 0 Å². The number of rotatable bonds is 4. The summed E-state index contributed by atoms with van der Waals surface area (Å²) in [5, 5.41) is 3.28. The van der Waals surface area contributed by atoms with Crippen LogP contribution in [-0.4, -0.2) is 24.9 Å². The molecule has 0 saturated carbocycles. The van der Waals surface area contributed by atoms with E-state index in [0.29, 0.717) is 24.8 Å². The number of anilines is 1. The van der Waals surface area contributed by atoms with Crippen molar-refractivity contribution >= 4 is 62.7 Å². The first kappa shape index (κ1) is 17.7. The lowest BCUT2D eigenvalue weighted by molar-refractivity contribution is -0.913. The second kappa shape index (κ2) is 7.01. The van der Waals surface area contributed by atoms with Crippen LogP contribution in [0.1, 0.15) is 38.1 Å². The fraction of sp³-hybridized carbons (Fsp3) is 0.333. The number of carbonyl (C=O) groups is 2. The van der Waals surface area contributed by atoms with Gasteiger partial charge < -0.3 is 16.0 Å². The van der Waals surface area contributed by atoms with Crippen LogP contribution in [0.5, 0.6) is 0 Å². The van der Waals surface area contributed by atoms with Crippen molar-refractivity contribution in [3.63, 3.8) is 0 Å². The van der Waals surface area contributed by atoms with E-state index in [9.17, 15) is 9.59 Å². The molecule has 3 rings (SSSR count). The third-order valence-corrected chi connectivity index (χ3v) is 6.74. The van der Waals surface area contributed by atoms with E-state index in [1.54, 1.807) is 0 Å². The SMILES string of the molecule is CC[NH+]1CCc2c(sc(NC(=O)c3cc(Cl)sc3Cl)c2C(N)=O)C1. The number of halogens is 2. The van der Waals surface area contributed by atoms with Crippen LogP contribution in [0.15, 0.2) is 6.07 Å². The Hall–Kier alpha value is -1.12. The fourth-order valence-electron chi connectivity index (χ4n) is 2.85. The van der Waals surface area contributed by atoms with Gasteiger partial charge >= 0.3 is 0 Å². The maximum Gasteiger partial charge on any atom is 0.258 e. The van der Waals surface area contributed by atoms with Crippen LogP contribution in [0, 0.1) is 0 Å². The van der Waals surface area contributed by atoms with Crippen molar-refractivity contribution in [3.8, 4) is 0 Å². The molecular formula is C15H16Cl2N3O2S2+. The van der Waals surface area contributed by atoms with Crippen molar-refractivity contribution in [2.24, 2.45) is 5.73 Å². The molecular weight excluding hydrogens is 389 g/mol. The first-order valence-electron chi connectivity index (χ1n) is 7.44. The maximum atomic E-state index is 12.5. The Morgan fingerprint density at radius 1 is 1.38 bits per heavy atom. The summed E-state index contributed by atoms with van der Waals surface area (Å²) >= 11 is 14.5. The second-order valence-electron chi connectivity index (χ2n) is 5.54. The summed E-state index contributed by atoms with van der Waals surface area (Å²) < 4.78 is 0.758. The molecule has 2 aromatic rings. The minimum atomic E-state index is -0.516. The fourth-order valence-corrected chi connectivity index (χ4v) is 5.63. The van der Waals surface area contributed by atoms with E-state index in [2.05, 4.69) is 12.2 Å². The lowest BCUT2D eigenvalue weighted by Gasteiger charge is -2.22. The first-order valence-corrected chi connectivity index (χ1v) is 9.83. The minimum absolute atomic E-state index is 0.300. The number of nitrogens with one attached hydrogen (secondary N) is 2. The first-order chi connectivity index (χ1) is 11.4. The average Bonchev–Trinajstić information content (AvgIpc) is 3.05. The summed E-state index contributed by atoms with van der Waals surface area (Å²) in [6.45, 7) is 4.96. The van der Waals surface area contributed by atoms with E-state index >= 15 is 0 Å². The van der Waals surface area contributed by atoms with Crippen LogP contribution in [0.4, 0.5) is 5.00 Å². The second-order valence-corrected chi connectivity index (χ2v) is 8.94. The molecule has 128 valence electrons. The Kier molecular flexibility index (Phi) is 5.17. The number of primary amides is 1. The molecule has 1 aliphatic heterocycles. The number of fused-ring (bicyclic) bond motifs is 1. The Morgan fingerprint density at radius 2 is 2.12 bits per heavy atom. The van der Waals surface area contributed by atoms with Gasteiger partial charge in [0, 0.05) is 6.42 Å². The molecule has 0 saturated heterocycles. The maximum absolute atomic E-state index is 12.5. The van der Waals surface area contributed by atoms with Gasteiger partial charge in [0.15, 0.2) is 0 Å². The predicted octanol–water partition coefficient (Wildman–Crippen LogP) is 2.43. The zero-order valence-corrected chi connectivity index (χ0v) is 16.0. The number of likely N-dealkylation sites (N-methyl/N-ethyl adjacent to an activating group) is 1. The van der Waals surface area contributed by atoms with Gasteiger partial charge in [0.05, 0.1) is 33.4 Å². The Balaban J connectivity index is 1.93. The molecule has 0 radical (unpaired) electrons. The van der Waals surface area contributed by atoms with Crippen molar-refractivity contribution in [1.82, 2.24) is 0 Å². The van der Waals surface area contributed by atoms with Gasteiger partial charge in [0.1, 0.15) is 15.9 Å². The highest BCUT2D eigenvalue weighted by Crippen LogP contribution is 2.36. The van der Waals surface area contributed by atoms with Gasteiger partial charge in [0.25, 0.3) is 11.8 Å². The Morgan fingerprint density at radius 3 is 2.71 bits per heavy atom. The third kappa shape index (κ3) is 3.32. The molecule has 0 spiro atoms. The molecule has 2 aromatic heterocycles. The normalized spacial score (nSPS) is 16.7.